The van der Waals surface area contributed by atoms with Crippen LogP contribution in [0.5, 0.6) is 0 Å². The Morgan fingerprint density at radius 3 is 2.75 bits per heavy atom. The zero-order chi connectivity index (χ0) is 12.6. The normalized spacial score (nSPS) is 13.9. The average molecular weight is 227 g/mol. The average Bonchev–Trinajstić information content (AvgIpc) is 2.27. The van der Waals surface area contributed by atoms with Gasteiger partial charge in [-0.1, -0.05) is 0 Å². The summed E-state index contributed by atoms with van der Waals surface area (Å²) >= 11 is 0. The number of likely N-dealkylation sites (N-methyl/N-ethyl adjacent to an activating group) is 1. The largest absolute Gasteiger partial charge is 0.385 e. The van der Waals surface area contributed by atoms with E-state index in [1.807, 2.05) is 0 Å². The number of hydrogen-bond acceptors (Lipinski definition) is 4. The molecule has 0 rings (SSSR count). The van der Waals surface area contributed by atoms with Crippen LogP contribution in [-0.4, -0.2) is 44.2 Å². The van der Waals surface area contributed by atoms with E-state index < -0.39 is 6.04 Å². The van der Waals surface area contributed by atoms with E-state index in [9.17, 15) is 4.79 Å². The maximum Gasteiger partial charge on any atom is 0.239 e. The SMILES string of the molecule is COCCCC(N)C(=O)N(C)CC(C)C#N. The van der Waals surface area contributed by atoms with Crippen molar-refractivity contribution in [3.05, 3.63) is 0 Å². The van der Waals surface area contributed by atoms with Crippen LogP contribution in [0, 0.1) is 17.2 Å². The summed E-state index contributed by atoms with van der Waals surface area (Å²) in [6.07, 6.45) is 1.38. The van der Waals surface area contributed by atoms with Gasteiger partial charge in [-0.15, -0.1) is 0 Å². The third kappa shape index (κ3) is 5.69. The van der Waals surface area contributed by atoms with Gasteiger partial charge in [0, 0.05) is 27.3 Å². The molecule has 0 bridgehead atoms. The maximum atomic E-state index is 11.7. The van der Waals surface area contributed by atoms with Gasteiger partial charge in [0.15, 0.2) is 0 Å². The monoisotopic (exact) mass is 227 g/mol. The molecule has 5 heteroatoms. The number of nitrogens with two attached hydrogens (primary N) is 1. The number of amides is 1. The molecule has 0 spiro atoms. The highest BCUT2D eigenvalue weighted by Crippen LogP contribution is 2.02. The summed E-state index contributed by atoms with van der Waals surface area (Å²) in [5, 5.41) is 8.64. The Balaban J connectivity index is 3.97. The first-order chi connectivity index (χ1) is 7.52. The molecule has 0 aromatic rings. The lowest BCUT2D eigenvalue weighted by Crippen LogP contribution is -2.43. The Labute approximate surface area is 97.2 Å². The van der Waals surface area contributed by atoms with Crippen molar-refractivity contribution in [2.45, 2.75) is 25.8 Å². The Hall–Kier alpha value is -1.12. The zero-order valence-corrected chi connectivity index (χ0v) is 10.3. The molecule has 0 aromatic heterocycles. The lowest BCUT2D eigenvalue weighted by molar-refractivity contribution is -0.131. The molecule has 0 aromatic carbocycles. The fraction of sp³-hybridized carbons (Fsp3) is 0.818. The number of methoxy groups -OCH3 is 1. The highest BCUT2D eigenvalue weighted by molar-refractivity contribution is 5.81. The van der Waals surface area contributed by atoms with Crippen LogP contribution in [-0.2, 0) is 9.53 Å². The van der Waals surface area contributed by atoms with Crippen molar-refractivity contribution in [1.82, 2.24) is 4.90 Å². The Bertz CT molecular complexity index is 250. The van der Waals surface area contributed by atoms with E-state index in [4.69, 9.17) is 15.7 Å². The van der Waals surface area contributed by atoms with E-state index in [0.29, 0.717) is 19.6 Å². The van der Waals surface area contributed by atoms with Gasteiger partial charge in [0.1, 0.15) is 0 Å². The van der Waals surface area contributed by atoms with Crippen LogP contribution in [0.15, 0.2) is 0 Å². The number of nitrogens with zero attached hydrogens (tertiary/aromatic N) is 2. The Kier molecular flexibility index (Phi) is 7.52. The van der Waals surface area contributed by atoms with Gasteiger partial charge < -0.3 is 15.4 Å². The van der Waals surface area contributed by atoms with Gasteiger partial charge in [-0.05, 0) is 19.8 Å². The molecule has 5 nitrogen and oxygen atoms in total. The van der Waals surface area contributed by atoms with E-state index in [0.717, 1.165) is 6.42 Å². The molecule has 0 saturated carbocycles. The van der Waals surface area contributed by atoms with Gasteiger partial charge in [-0.3, -0.25) is 4.79 Å². The lowest BCUT2D eigenvalue weighted by Gasteiger charge is -2.22. The molecule has 0 aliphatic carbocycles. The minimum absolute atomic E-state index is 0.113. The summed E-state index contributed by atoms with van der Waals surface area (Å²) in [5.74, 6) is -0.279. The zero-order valence-electron chi connectivity index (χ0n) is 10.3. The van der Waals surface area contributed by atoms with Gasteiger partial charge in [0.05, 0.1) is 18.0 Å². The second-order valence-electron chi connectivity index (χ2n) is 3.99. The minimum atomic E-state index is -0.494. The number of carbonyl (C=O) groups is 1. The van der Waals surface area contributed by atoms with Crippen LogP contribution in [0.4, 0.5) is 0 Å². The first kappa shape index (κ1) is 14.9. The van der Waals surface area contributed by atoms with E-state index in [1.54, 1.807) is 21.1 Å². The van der Waals surface area contributed by atoms with Crippen molar-refractivity contribution in [3.8, 4) is 6.07 Å². The van der Waals surface area contributed by atoms with Gasteiger partial charge in [-0.25, -0.2) is 0 Å². The summed E-state index contributed by atoms with van der Waals surface area (Å²) in [4.78, 5) is 13.3. The smallest absolute Gasteiger partial charge is 0.239 e. The van der Waals surface area contributed by atoms with Crippen LogP contribution in [0.25, 0.3) is 0 Å². The second-order valence-corrected chi connectivity index (χ2v) is 3.99. The van der Waals surface area contributed by atoms with Crippen molar-refractivity contribution in [3.63, 3.8) is 0 Å². The van der Waals surface area contributed by atoms with Crippen molar-refractivity contribution in [2.24, 2.45) is 11.7 Å². The van der Waals surface area contributed by atoms with Crippen molar-refractivity contribution < 1.29 is 9.53 Å². The van der Waals surface area contributed by atoms with Crippen LogP contribution in [0.1, 0.15) is 19.8 Å². The predicted octanol–water partition coefficient (Wildman–Crippen LogP) is 0.358. The number of nitriles is 1. The molecule has 0 saturated heterocycles. The van der Waals surface area contributed by atoms with Crippen LogP contribution in [0.2, 0.25) is 0 Å². The van der Waals surface area contributed by atoms with Gasteiger partial charge in [-0.2, -0.15) is 5.26 Å². The first-order valence-corrected chi connectivity index (χ1v) is 5.42. The van der Waals surface area contributed by atoms with Crippen LogP contribution >= 0.6 is 0 Å². The summed E-state index contributed by atoms with van der Waals surface area (Å²) in [7, 11) is 3.29. The molecule has 92 valence electrons. The van der Waals surface area contributed by atoms with Crippen molar-refractivity contribution in [1.29, 1.82) is 5.26 Å². The molecule has 0 heterocycles. The number of hydrogen-bond donors (Lipinski definition) is 1. The highest BCUT2D eigenvalue weighted by Gasteiger charge is 2.18. The Morgan fingerprint density at radius 2 is 2.25 bits per heavy atom. The summed E-state index contributed by atoms with van der Waals surface area (Å²) < 4.78 is 4.89. The third-order valence-corrected chi connectivity index (χ3v) is 2.33. The van der Waals surface area contributed by atoms with Gasteiger partial charge >= 0.3 is 0 Å². The van der Waals surface area contributed by atoms with Gasteiger partial charge in [0.2, 0.25) is 5.91 Å². The third-order valence-electron chi connectivity index (χ3n) is 2.33. The van der Waals surface area contributed by atoms with Crippen molar-refractivity contribution >= 4 is 5.91 Å². The summed E-state index contributed by atoms with van der Waals surface area (Å²) in [6.45, 7) is 2.81. The summed E-state index contributed by atoms with van der Waals surface area (Å²) in [6, 6.07) is 1.59. The van der Waals surface area contributed by atoms with E-state index in [1.165, 1.54) is 4.90 Å². The minimum Gasteiger partial charge on any atom is -0.385 e. The second kappa shape index (κ2) is 8.08. The molecule has 2 atom stereocenters. The van der Waals surface area contributed by atoms with E-state index in [-0.39, 0.29) is 11.8 Å². The van der Waals surface area contributed by atoms with E-state index >= 15 is 0 Å². The van der Waals surface area contributed by atoms with E-state index in [2.05, 4.69) is 6.07 Å². The molecule has 2 unspecified atom stereocenters. The fourth-order valence-electron chi connectivity index (χ4n) is 1.40. The fourth-order valence-corrected chi connectivity index (χ4v) is 1.40. The van der Waals surface area contributed by atoms with Crippen molar-refractivity contribution in [2.75, 3.05) is 27.3 Å². The molecule has 0 aliphatic rings. The molecular weight excluding hydrogens is 206 g/mol. The molecule has 2 N–H and O–H groups in total. The molecule has 0 radical (unpaired) electrons. The van der Waals surface area contributed by atoms with Gasteiger partial charge in [0.25, 0.3) is 0 Å². The number of ether oxygens (including phenoxy) is 1. The molecule has 0 aliphatic heterocycles. The topological polar surface area (TPSA) is 79.3 Å². The lowest BCUT2D eigenvalue weighted by atomic mass is 10.1. The predicted molar refractivity (Wildman–Crippen MR) is 61.5 cm³/mol. The number of carbonyl (C=O) groups excluding carboxylic acids is 1. The first-order valence-electron chi connectivity index (χ1n) is 5.42. The van der Waals surface area contributed by atoms with Crippen LogP contribution in [0.3, 0.4) is 0 Å². The van der Waals surface area contributed by atoms with Crippen LogP contribution < -0.4 is 5.73 Å². The molecule has 16 heavy (non-hydrogen) atoms. The maximum absolute atomic E-state index is 11.7. The molecule has 1 amide bonds. The summed E-state index contributed by atoms with van der Waals surface area (Å²) in [5.41, 5.74) is 5.75. The standard InChI is InChI=1S/C11H21N3O2/c1-9(7-12)8-14(2)11(15)10(13)5-4-6-16-3/h9-10H,4-6,8,13H2,1-3H3. The highest BCUT2D eigenvalue weighted by atomic mass is 16.5. The Morgan fingerprint density at radius 1 is 1.62 bits per heavy atom. The molecular formula is C11H21N3O2. The molecule has 0 fully saturated rings. The quantitative estimate of drug-likeness (QED) is 0.637. The number of rotatable bonds is 7.